The van der Waals surface area contributed by atoms with Gasteiger partial charge in [-0.05, 0) is 95.0 Å². The van der Waals surface area contributed by atoms with Crippen LogP contribution in [-0.4, -0.2) is 0 Å². The number of rotatable bonds is 4. The summed E-state index contributed by atoms with van der Waals surface area (Å²) >= 11 is 0. The van der Waals surface area contributed by atoms with Gasteiger partial charge in [-0.2, -0.15) is 0 Å². The van der Waals surface area contributed by atoms with E-state index in [0.717, 1.165) is 33.0 Å². The molecule has 49 heavy (non-hydrogen) atoms. The minimum Gasteiger partial charge on any atom is -0.456 e. The first kappa shape index (κ1) is 18.2. The fraction of sp³-hybridized carbons (Fsp3) is 0. The average molecular weight is 635 g/mol. The quantitative estimate of drug-likeness (QED) is 0.176. The lowest BCUT2D eigenvalue weighted by atomic mass is 9.85. The van der Waals surface area contributed by atoms with Gasteiger partial charge < -0.3 is 4.42 Å². The van der Waals surface area contributed by atoms with E-state index in [1.54, 1.807) is 12.1 Å². The van der Waals surface area contributed by atoms with Crippen LogP contribution in [0.3, 0.4) is 0 Å². The Morgan fingerprint density at radius 3 is 1.47 bits per heavy atom. The summed E-state index contributed by atoms with van der Waals surface area (Å²) < 4.78 is 112. The van der Waals surface area contributed by atoms with E-state index in [0.29, 0.717) is 27.5 Å². The summed E-state index contributed by atoms with van der Waals surface area (Å²) in [5, 5.41) is 3.00. The zero-order valence-corrected chi connectivity index (χ0v) is 25.8. The fourth-order valence-corrected chi connectivity index (χ4v) is 6.99. The molecule has 1 aromatic heterocycles. The molecule has 9 aromatic carbocycles. The first-order valence-electron chi connectivity index (χ1n) is 21.9. The molecule has 0 unspecified atom stereocenters. The summed E-state index contributed by atoms with van der Waals surface area (Å²) in [6, 6.07) is 29.4. The molecular weight excluding hydrogens is 593 g/mol. The van der Waals surface area contributed by atoms with Gasteiger partial charge >= 0.3 is 0 Å². The topological polar surface area (TPSA) is 13.1 Å². The van der Waals surface area contributed by atoms with Crippen LogP contribution in [0.4, 0.5) is 0 Å². The van der Waals surface area contributed by atoms with Gasteiger partial charge in [-0.1, -0.05) is 164 Å². The summed E-state index contributed by atoms with van der Waals surface area (Å²) in [6.45, 7) is 0. The molecule has 0 fully saturated rings. The van der Waals surface area contributed by atoms with Crippen molar-refractivity contribution in [1.29, 1.82) is 0 Å². The van der Waals surface area contributed by atoms with E-state index in [1.165, 1.54) is 0 Å². The van der Waals surface area contributed by atoms with E-state index >= 15 is 0 Å². The lowest BCUT2D eigenvalue weighted by molar-refractivity contribution is 0.669. The Kier molecular flexibility index (Phi) is 4.11. The highest BCUT2D eigenvalue weighted by Crippen LogP contribution is 2.44. The smallest absolute Gasteiger partial charge is 0.136 e. The van der Waals surface area contributed by atoms with Crippen LogP contribution in [-0.2, 0) is 0 Å². The molecule has 1 nitrogen and oxygen atoms in total. The average Bonchev–Trinajstić information content (AvgIpc) is 3.67. The van der Waals surface area contributed by atoms with Crippen LogP contribution in [0.15, 0.2) is 186 Å². The number of para-hydroxylation sites is 1. The summed E-state index contributed by atoms with van der Waals surface area (Å²) in [5.74, 6) is 0. The number of hydrogen-bond donors (Lipinski definition) is 0. The molecule has 1 heterocycles. The second kappa shape index (κ2) is 11.1. The minimum atomic E-state index is -0.471. The Hall–Kier alpha value is -6.44. The molecule has 0 bridgehead atoms. The van der Waals surface area contributed by atoms with Gasteiger partial charge in [-0.25, -0.2) is 0 Å². The van der Waals surface area contributed by atoms with E-state index in [1.807, 2.05) is 97.1 Å². The summed E-state index contributed by atoms with van der Waals surface area (Å²) in [6.07, 6.45) is 0. The molecule has 0 saturated heterocycles. The van der Waals surface area contributed by atoms with E-state index < -0.39 is 24.2 Å². The Morgan fingerprint density at radius 2 is 0.857 bits per heavy atom. The maximum atomic E-state index is 9.30. The van der Waals surface area contributed by atoms with Crippen molar-refractivity contribution < 1.29 is 20.9 Å². The van der Waals surface area contributed by atoms with Gasteiger partial charge in [0.2, 0.25) is 0 Å². The van der Waals surface area contributed by atoms with Crippen molar-refractivity contribution in [1.82, 2.24) is 0 Å². The predicted octanol–water partition coefficient (Wildman–Crippen LogP) is 13.7. The highest BCUT2D eigenvalue weighted by molar-refractivity contribution is 6.21. The van der Waals surface area contributed by atoms with Crippen molar-refractivity contribution in [2.75, 3.05) is 0 Å². The van der Waals surface area contributed by atoms with Crippen LogP contribution in [0.2, 0.25) is 0 Å². The first-order chi connectivity index (χ1) is 29.3. The van der Waals surface area contributed by atoms with Crippen molar-refractivity contribution in [2.24, 2.45) is 0 Å². The lowest BCUT2D eigenvalue weighted by Crippen LogP contribution is -1.91. The Morgan fingerprint density at radius 1 is 0.347 bits per heavy atom. The van der Waals surface area contributed by atoms with Crippen LogP contribution in [0.5, 0.6) is 0 Å². The maximum Gasteiger partial charge on any atom is 0.136 e. The Labute approximate surface area is 301 Å². The third-order valence-electron chi connectivity index (χ3n) is 9.26. The minimum absolute atomic E-state index is 0.0767. The van der Waals surface area contributed by atoms with Gasteiger partial charge in [0.25, 0.3) is 0 Å². The van der Waals surface area contributed by atoms with E-state index in [-0.39, 0.29) is 86.6 Å². The van der Waals surface area contributed by atoms with Crippen molar-refractivity contribution in [3.63, 3.8) is 0 Å². The predicted molar refractivity (Wildman–Crippen MR) is 208 cm³/mol. The van der Waals surface area contributed by atoms with Crippen LogP contribution >= 0.6 is 0 Å². The highest BCUT2D eigenvalue weighted by atomic mass is 16.3. The number of fused-ring (bicyclic) bond motifs is 6. The molecular formula is C48H30O. The van der Waals surface area contributed by atoms with Gasteiger partial charge in [-0.3, -0.25) is 0 Å². The third-order valence-corrected chi connectivity index (χ3v) is 9.26. The van der Waals surface area contributed by atoms with Gasteiger partial charge in [0.05, 0.1) is 16.4 Å². The van der Waals surface area contributed by atoms with Gasteiger partial charge in [0.1, 0.15) is 11.2 Å². The van der Waals surface area contributed by atoms with Crippen LogP contribution < -0.4 is 0 Å². The van der Waals surface area contributed by atoms with E-state index in [9.17, 15) is 5.48 Å². The number of benzene rings is 9. The Balaban J connectivity index is 1.22. The molecule has 0 amide bonds. The molecule has 0 N–H and O–H groups in total. The first-order valence-corrected chi connectivity index (χ1v) is 15.9. The van der Waals surface area contributed by atoms with Crippen LogP contribution in [0.25, 0.3) is 98.8 Å². The largest absolute Gasteiger partial charge is 0.456 e. The van der Waals surface area contributed by atoms with Gasteiger partial charge in [-0.15, -0.1) is 0 Å². The Bertz CT molecular complexity index is 3440. The molecule has 0 aliphatic rings. The standard InChI is InChI=1S/C48H30O/c1-2-11-31(12-3-1)32-21-25-34(26-22-32)47-39-15-4-6-17-41(39)48(42-18-7-5-16-40(42)47)35-27-23-33(24-28-35)37-19-10-13-36-29-44-38-14-8-9-20-45(38)49-46(44)30-43(36)37/h1-30H/i4D,5D,6D,7D,8D,9D,14D,15D,16D,17D,18D,20D. The summed E-state index contributed by atoms with van der Waals surface area (Å²) in [4.78, 5) is 0. The molecule has 0 radical (unpaired) electrons. The second-order valence-electron chi connectivity index (χ2n) is 12.0. The second-order valence-corrected chi connectivity index (χ2v) is 12.0. The normalized spacial score (nSPS) is 15.1. The molecule has 228 valence electrons. The zero-order valence-electron chi connectivity index (χ0n) is 37.8. The summed E-state index contributed by atoms with van der Waals surface area (Å²) in [5.41, 5.74) is 5.45. The maximum absolute atomic E-state index is 9.30. The third kappa shape index (κ3) is 4.47. The SMILES string of the molecule is [2H]c1c([2H])c([2H])c2c(oc3cc4c(-c5ccc(-c6c7c([2H])c([2H])c([2H])c([2H])c7c(-c7ccc(-c8ccccc8)cc7)c7c([2H])c([2H])c([2H])c([2H])c67)cc5)cccc4cc32)c1[2H]. The molecule has 10 aromatic rings. The monoisotopic (exact) mass is 634 g/mol. The molecule has 0 aliphatic heterocycles. The molecule has 0 aliphatic carbocycles. The lowest BCUT2D eigenvalue weighted by Gasteiger charge is -2.18. The highest BCUT2D eigenvalue weighted by Gasteiger charge is 2.17. The van der Waals surface area contributed by atoms with Crippen LogP contribution in [0.1, 0.15) is 16.4 Å². The van der Waals surface area contributed by atoms with Crippen molar-refractivity contribution in [3.8, 4) is 44.5 Å². The van der Waals surface area contributed by atoms with Crippen molar-refractivity contribution >= 4 is 54.3 Å². The van der Waals surface area contributed by atoms with E-state index in [2.05, 4.69) is 0 Å². The van der Waals surface area contributed by atoms with Crippen LogP contribution in [0, 0.1) is 0 Å². The molecule has 0 spiro atoms. The summed E-state index contributed by atoms with van der Waals surface area (Å²) in [7, 11) is 0. The van der Waals surface area contributed by atoms with Gasteiger partial charge in [0.15, 0.2) is 0 Å². The molecule has 1 heteroatoms. The number of furan rings is 1. The number of hydrogen-bond acceptors (Lipinski definition) is 1. The van der Waals surface area contributed by atoms with Crippen molar-refractivity contribution in [3.05, 3.63) is 182 Å². The molecule has 0 saturated carbocycles. The van der Waals surface area contributed by atoms with Gasteiger partial charge in [0, 0.05) is 10.8 Å². The fourth-order valence-electron chi connectivity index (χ4n) is 6.99. The zero-order chi connectivity index (χ0) is 42.8. The molecule has 10 rings (SSSR count). The molecule has 0 atom stereocenters. The van der Waals surface area contributed by atoms with Crippen molar-refractivity contribution in [2.45, 2.75) is 0 Å². The van der Waals surface area contributed by atoms with E-state index in [4.69, 9.17) is 15.4 Å².